The molecule has 126 valence electrons. The van der Waals surface area contributed by atoms with E-state index in [1.807, 2.05) is 12.3 Å². The maximum Gasteiger partial charge on any atom is 0.0931 e. The van der Waals surface area contributed by atoms with Crippen LogP contribution in [0.15, 0.2) is 49.1 Å². The van der Waals surface area contributed by atoms with Gasteiger partial charge in [0.05, 0.1) is 28.4 Å². The molecule has 5 heteroatoms. The summed E-state index contributed by atoms with van der Waals surface area (Å²) in [6.45, 7) is 3.27. The van der Waals surface area contributed by atoms with Crippen LogP contribution in [0.1, 0.15) is 29.9 Å². The van der Waals surface area contributed by atoms with Crippen molar-refractivity contribution in [2.24, 2.45) is 0 Å². The summed E-state index contributed by atoms with van der Waals surface area (Å²) in [5.41, 5.74) is 7.18. The number of piperidine rings is 1. The second kappa shape index (κ2) is 6.01. The fourth-order valence-corrected chi connectivity index (χ4v) is 4.03. The van der Waals surface area contributed by atoms with Crippen molar-refractivity contribution in [3.8, 4) is 0 Å². The van der Waals surface area contributed by atoms with Gasteiger partial charge in [-0.3, -0.25) is 9.88 Å². The lowest BCUT2D eigenvalue weighted by atomic mass is 9.90. The van der Waals surface area contributed by atoms with Gasteiger partial charge < -0.3 is 9.97 Å². The minimum atomic E-state index is 0.606. The normalized spacial score (nSPS) is 16.8. The topological polar surface area (TPSA) is 60.6 Å². The minimum absolute atomic E-state index is 0.606. The zero-order valence-electron chi connectivity index (χ0n) is 14.1. The number of hydrogen-bond acceptors (Lipinski definition) is 3. The lowest BCUT2D eigenvalue weighted by Gasteiger charge is -2.31. The van der Waals surface area contributed by atoms with Crippen molar-refractivity contribution in [1.82, 2.24) is 24.8 Å². The fourth-order valence-electron chi connectivity index (χ4n) is 4.03. The van der Waals surface area contributed by atoms with Gasteiger partial charge in [0.25, 0.3) is 0 Å². The minimum Gasteiger partial charge on any atom is -0.360 e. The van der Waals surface area contributed by atoms with Crippen LogP contribution in [0.3, 0.4) is 0 Å². The molecule has 1 aliphatic rings. The van der Waals surface area contributed by atoms with Gasteiger partial charge in [-0.1, -0.05) is 6.07 Å². The molecule has 1 aliphatic heterocycles. The molecule has 0 radical (unpaired) electrons. The number of likely N-dealkylation sites (tertiary alicyclic amines) is 1. The number of hydrogen-bond donors (Lipinski definition) is 2. The van der Waals surface area contributed by atoms with E-state index in [0.717, 1.165) is 41.7 Å². The number of imidazole rings is 1. The highest BCUT2D eigenvalue weighted by Crippen LogP contribution is 2.32. The van der Waals surface area contributed by atoms with Crippen molar-refractivity contribution in [3.63, 3.8) is 0 Å². The first-order chi connectivity index (χ1) is 12.4. The van der Waals surface area contributed by atoms with Gasteiger partial charge in [-0.05, 0) is 67.2 Å². The molecule has 4 aromatic rings. The first-order valence-corrected chi connectivity index (χ1v) is 8.93. The smallest absolute Gasteiger partial charge is 0.0931 e. The molecule has 0 bridgehead atoms. The Labute approximate surface area is 146 Å². The van der Waals surface area contributed by atoms with Gasteiger partial charge in [0.2, 0.25) is 0 Å². The van der Waals surface area contributed by atoms with Crippen LogP contribution in [0.25, 0.3) is 22.1 Å². The Morgan fingerprint density at radius 2 is 1.96 bits per heavy atom. The van der Waals surface area contributed by atoms with Crippen LogP contribution in [-0.4, -0.2) is 37.9 Å². The van der Waals surface area contributed by atoms with Crippen molar-refractivity contribution in [2.75, 3.05) is 13.1 Å². The fraction of sp³-hybridized carbons (Fsp3) is 0.300. The zero-order valence-corrected chi connectivity index (χ0v) is 14.1. The van der Waals surface area contributed by atoms with Gasteiger partial charge in [-0.15, -0.1) is 0 Å². The largest absolute Gasteiger partial charge is 0.360 e. The monoisotopic (exact) mass is 331 g/mol. The van der Waals surface area contributed by atoms with Crippen LogP contribution >= 0.6 is 0 Å². The summed E-state index contributed by atoms with van der Waals surface area (Å²) in [5.74, 6) is 0.606. The number of benzene rings is 1. The molecule has 5 rings (SSSR count). The van der Waals surface area contributed by atoms with Gasteiger partial charge in [0.1, 0.15) is 0 Å². The Bertz CT molecular complexity index is 1010. The first-order valence-electron chi connectivity index (χ1n) is 8.93. The maximum atomic E-state index is 4.57. The van der Waals surface area contributed by atoms with E-state index in [2.05, 4.69) is 55.3 Å². The average Bonchev–Trinajstić information content (AvgIpc) is 3.29. The number of fused-ring (bicyclic) bond motifs is 2. The average molecular weight is 331 g/mol. The van der Waals surface area contributed by atoms with E-state index in [-0.39, 0.29) is 0 Å². The van der Waals surface area contributed by atoms with Gasteiger partial charge in [-0.2, -0.15) is 0 Å². The number of pyridine rings is 1. The Hall–Kier alpha value is -2.66. The number of nitrogens with zero attached hydrogens (tertiary/aromatic N) is 3. The molecule has 0 spiro atoms. The Morgan fingerprint density at radius 1 is 1.04 bits per heavy atom. The molecular weight excluding hydrogens is 310 g/mol. The molecule has 0 saturated carbocycles. The van der Waals surface area contributed by atoms with E-state index in [1.165, 1.54) is 24.0 Å². The molecule has 0 atom stereocenters. The van der Waals surface area contributed by atoms with Crippen LogP contribution in [0.4, 0.5) is 0 Å². The van der Waals surface area contributed by atoms with Crippen LogP contribution in [0.2, 0.25) is 0 Å². The predicted molar refractivity (Wildman–Crippen MR) is 99.4 cm³/mol. The van der Waals surface area contributed by atoms with E-state index >= 15 is 0 Å². The van der Waals surface area contributed by atoms with E-state index in [0.29, 0.717) is 5.92 Å². The SMILES string of the molecule is c1cnc2c(C3CCN(Cc4ccc5nc[nH]c5c4)CC3)c[nH]c2c1. The van der Waals surface area contributed by atoms with E-state index in [1.54, 1.807) is 6.33 Å². The van der Waals surface area contributed by atoms with Gasteiger partial charge in [0, 0.05) is 18.9 Å². The summed E-state index contributed by atoms with van der Waals surface area (Å²) in [6, 6.07) is 10.6. The van der Waals surface area contributed by atoms with Crippen molar-refractivity contribution in [2.45, 2.75) is 25.3 Å². The summed E-state index contributed by atoms with van der Waals surface area (Å²) in [6.07, 6.45) is 8.19. The van der Waals surface area contributed by atoms with Gasteiger partial charge in [0.15, 0.2) is 0 Å². The summed E-state index contributed by atoms with van der Waals surface area (Å²) in [5, 5.41) is 0. The molecule has 0 unspecified atom stereocenters. The molecule has 1 fully saturated rings. The summed E-state index contributed by atoms with van der Waals surface area (Å²) >= 11 is 0. The second-order valence-corrected chi connectivity index (χ2v) is 6.95. The molecule has 2 N–H and O–H groups in total. The second-order valence-electron chi connectivity index (χ2n) is 6.95. The Kier molecular flexibility index (Phi) is 3.52. The quantitative estimate of drug-likeness (QED) is 0.600. The Morgan fingerprint density at radius 3 is 2.88 bits per heavy atom. The third kappa shape index (κ3) is 2.70. The molecule has 1 aromatic carbocycles. The van der Waals surface area contributed by atoms with Gasteiger partial charge >= 0.3 is 0 Å². The molecule has 0 aliphatic carbocycles. The van der Waals surface area contributed by atoms with Gasteiger partial charge in [-0.25, -0.2) is 4.98 Å². The van der Waals surface area contributed by atoms with Crippen LogP contribution in [0, 0.1) is 0 Å². The van der Waals surface area contributed by atoms with Crippen molar-refractivity contribution in [3.05, 3.63) is 60.2 Å². The maximum absolute atomic E-state index is 4.57. The summed E-state index contributed by atoms with van der Waals surface area (Å²) in [4.78, 5) is 18.0. The summed E-state index contributed by atoms with van der Waals surface area (Å²) in [7, 11) is 0. The number of nitrogens with one attached hydrogen (secondary N) is 2. The molecule has 5 nitrogen and oxygen atoms in total. The van der Waals surface area contributed by atoms with Crippen LogP contribution in [-0.2, 0) is 6.54 Å². The standard InChI is InChI=1S/C20H21N5/c1-2-18-20(21-7-1)16(11-22-18)15-5-8-25(9-6-15)12-14-3-4-17-19(10-14)24-13-23-17/h1-4,7,10-11,13,15,22H,5-6,8-9,12H2,(H,23,24). The van der Waals surface area contributed by atoms with Crippen LogP contribution < -0.4 is 0 Å². The molecule has 4 heterocycles. The molecule has 25 heavy (non-hydrogen) atoms. The van der Waals surface area contributed by atoms with Crippen molar-refractivity contribution < 1.29 is 0 Å². The van der Waals surface area contributed by atoms with E-state index < -0.39 is 0 Å². The van der Waals surface area contributed by atoms with E-state index in [9.17, 15) is 0 Å². The van der Waals surface area contributed by atoms with Crippen LogP contribution in [0.5, 0.6) is 0 Å². The third-order valence-electron chi connectivity index (χ3n) is 5.38. The zero-order chi connectivity index (χ0) is 16.6. The number of aromatic nitrogens is 4. The Balaban J connectivity index is 1.28. The molecule has 0 amide bonds. The van der Waals surface area contributed by atoms with Crippen molar-refractivity contribution >= 4 is 22.1 Å². The summed E-state index contributed by atoms with van der Waals surface area (Å²) < 4.78 is 0. The number of rotatable bonds is 3. The number of aromatic amines is 2. The van der Waals surface area contributed by atoms with E-state index in [4.69, 9.17) is 0 Å². The lowest BCUT2D eigenvalue weighted by molar-refractivity contribution is 0.205. The van der Waals surface area contributed by atoms with Crippen molar-refractivity contribution in [1.29, 1.82) is 0 Å². The lowest BCUT2D eigenvalue weighted by Crippen LogP contribution is -2.32. The first kappa shape index (κ1) is 14.7. The predicted octanol–water partition coefficient (Wildman–Crippen LogP) is 3.82. The molecule has 3 aromatic heterocycles. The highest BCUT2D eigenvalue weighted by Gasteiger charge is 2.23. The molecule has 1 saturated heterocycles. The highest BCUT2D eigenvalue weighted by molar-refractivity contribution is 5.79. The molecular formula is C20H21N5. The highest BCUT2D eigenvalue weighted by atomic mass is 15.1. The number of H-pyrrole nitrogens is 2. The third-order valence-corrected chi connectivity index (χ3v) is 5.38.